The molecule has 0 radical (unpaired) electrons. The maximum absolute atomic E-state index is 12.7. The fraction of sp³-hybridized carbons (Fsp3) is 0.545. The average molecular weight is 402 g/mol. The zero-order chi connectivity index (χ0) is 20.3. The Hall–Kier alpha value is -1.92. The van der Waals surface area contributed by atoms with Crippen LogP contribution < -0.4 is 10.9 Å². The van der Waals surface area contributed by atoms with E-state index in [4.69, 9.17) is 17.0 Å². The maximum Gasteiger partial charge on any atom is 0.253 e. The summed E-state index contributed by atoms with van der Waals surface area (Å²) in [6, 6.07) is 6.16. The molecule has 1 saturated heterocycles. The van der Waals surface area contributed by atoms with Crippen molar-refractivity contribution in [1.29, 1.82) is 0 Å². The fourth-order valence-corrected chi connectivity index (χ4v) is 3.72. The molecule has 28 heavy (non-hydrogen) atoms. The number of fused-ring (bicyclic) bond motifs is 1. The second-order valence-corrected chi connectivity index (χ2v) is 8.63. The maximum atomic E-state index is 12.7. The van der Waals surface area contributed by atoms with E-state index in [-0.39, 0.29) is 11.7 Å². The zero-order valence-corrected chi connectivity index (χ0v) is 18.1. The lowest BCUT2D eigenvalue weighted by atomic mass is 10.0. The van der Waals surface area contributed by atoms with Crippen molar-refractivity contribution < 1.29 is 4.74 Å². The molecule has 1 aliphatic heterocycles. The van der Waals surface area contributed by atoms with Crippen molar-refractivity contribution in [2.45, 2.75) is 53.2 Å². The van der Waals surface area contributed by atoms with E-state index in [9.17, 15) is 4.79 Å². The number of aromatic nitrogens is 1. The number of nitrogens with one attached hydrogen (secondary N) is 2. The Kier molecular flexibility index (Phi) is 6.73. The Labute approximate surface area is 172 Å². The first-order valence-corrected chi connectivity index (χ1v) is 10.5. The Morgan fingerprint density at radius 3 is 2.75 bits per heavy atom. The van der Waals surface area contributed by atoms with Crippen LogP contribution in [0.1, 0.15) is 43.4 Å². The first-order chi connectivity index (χ1) is 13.3. The third-order valence-electron chi connectivity index (χ3n) is 5.29. The van der Waals surface area contributed by atoms with Gasteiger partial charge in [0.15, 0.2) is 5.11 Å². The minimum atomic E-state index is -0.0558. The lowest BCUT2D eigenvalue weighted by Crippen LogP contribution is -2.44. The second kappa shape index (κ2) is 9.05. The van der Waals surface area contributed by atoms with Gasteiger partial charge in [0.25, 0.3) is 5.56 Å². The van der Waals surface area contributed by atoms with E-state index in [1.807, 2.05) is 12.1 Å². The van der Waals surface area contributed by atoms with Gasteiger partial charge in [0, 0.05) is 30.8 Å². The van der Waals surface area contributed by atoms with Crippen molar-refractivity contribution >= 4 is 28.2 Å². The molecular weight excluding hydrogens is 370 g/mol. The van der Waals surface area contributed by atoms with Crippen molar-refractivity contribution in [3.63, 3.8) is 0 Å². The van der Waals surface area contributed by atoms with Crippen LogP contribution in [0, 0.1) is 19.8 Å². The van der Waals surface area contributed by atoms with Crippen LogP contribution in [0.4, 0.5) is 0 Å². The Balaban J connectivity index is 1.85. The fourth-order valence-electron chi connectivity index (χ4n) is 3.50. The summed E-state index contributed by atoms with van der Waals surface area (Å²) in [5, 5.41) is 5.07. The molecule has 0 unspecified atom stereocenters. The monoisotopic (exact) mass is 401 g/mol. The summed E-state index contributed by atoms with van der Waals surface area (Å²) < 4.78 is 5.81. The SMILES string of the molecule is Cc1cc2cc(CN(C[C@@H]3CCCO3)C(=S)NCC(C)C)c(=O)[nH]c2cc1C. The molecule has 0 bridgehead atoms. The molecule has 0 amide bonds. The predicted octanol–water partition coefficient (Wildman–Crippen LogP) is 3.66. The Morgan fingerprint density at radius 1 is 1.32 bits per heavy atom. The van der Waals surface area contributed by atoms with E-state index in [0.717, 1.165) is 42.5 Å². The van der Waals surface area contributed by atoms with Gasteiger partial charge >= 0.3 is 0 Å². The normalized spacial score (nSPS) is 16.7. The first kappa shape index (κ1) is 20.8. The molecule has 1 aromatic carbocycles. The van der Waals surface area contributed by atoms with Crippen LogP contribution in [-0.4, -0.2) is 40.8 Å². The van der Waals surface area contributed by atoms with Crippen LogP contribution in [0.5, 0.6) is 0 Å². The molecule has 1 atom stereocenters. The van der Waals surface area contributed by atoms with Gasteiger partial charge in [-0.3, -0.25) is 4.79 Å². The van der Waals surface area contributed by atoms with Crippen molar-refractivity contribution in [3.05, 3.63) is 45.2 Å². The van der Waals surface area contributed by atoms with E-state index in [1.54, 1.807) is 0 Å². The summed E-state index contributed by atoms with van der Waals surface area (Å²) in [5.41, 5.74) is 3.94. The van der Waals surface area contributed by atoms with E-state index in [2.05, 4.69) is 49.0 Å². The van der Waals surface area contributed by atoms with Gasteiger partial charge in [-0.2, -0.15) is 0 Å². The molecule has 0 saturated carbocycles. The Morgan fingerprint density at radius 2 is 2.07 bits per heavy atom. The van der Waals surface area contributed by atoms with Crippen molar-refractivity contribution in [2.24, 2.45) is 5.92 Å². The van der Waals surface area contributed by atoms with Crippen molar-refractivity contribution in [1.82, 2.24) is 15.2 Å². The van der Waals surface area contributed by atoms with Gasteiger partial charge in [-0.25, -0.2) is 0 Å². The lowest BCUT2D eigenvalue weighted by molar-refractivity contribution is 0.0896. The minimum Gasteiger partial charge on any atom is -0.376 e. The topological polar surface area (TPSA) is 57.4 Å². The summed E-state index contributed by atoms with van der Waals surface area (Å²) in [5.74, 6) is 0.498. The number of pyridine rings is 1. The number of ether oxygens (including phenoxy) is 1. The number of benzene rings is 1. The number of hydrogen-bond acceptors (Lipinski definition) is 3. The summed E-state index contributed by atoms with van der Waals surface area (Å²) >= 11 is 5.65. The van der Waals surface area contributed by atoms with Crippen LogP contribution in [0.15, 0.2) is 23.0 Å². The Bertz CT molecular complexity index is 901. The van der Waals surface area contributed by atoms with Crippen molar-refractivity contribution in [3.8, 4) is 0 Å². The lowest BCUT2D eigenvalue weighted by Gasteiger charge is -2.28. The van der Waals surface area contributed by atoms with Gasteiger partial charge in [0.1, 0.15) is 0 Å². The quantitative estimate of drug-likeness (QED) is 0.724. The number of H-pyrrole nitrogens is 1. The van der Waals surface area contributed by atoms with E-state index < -0.39 is 0 Å². The average Bonchev–Trinajstić information content (AvgIpc) is 3.14. The number of thiocarbonyl (C=S) groups is 1. The molecular formula is C22H31N3O2S. The molecule has 2 aromatic rings. The molecule has 0 aliphatic carbocycles. The highest BCUT2D eigenvalue weighted by atomic mass is 32.1. The highest BCUT2D eigenvalue weighted by Gasteiger charge is 2.22. The molecule has 1 aliphatic rings. The van der Waals surface area contributed by atoms with Crippen LogP contribution >= 0.6 is 12.2 Å². The smallest absolute Gasteiger partial charge is 0.253 e. The van der Waals surface area contributed by atoms with Gasteiger partial charge in [0.2, 0.25) is 0 Å². The number of hydrogen-bond donors (Lipinski definition) is 2. The first-order valence-electron chi connectivity index (χ1n) is 10.1. The zero-order valence-electron chi connectivity index (χ0n) is 17.3. The molecule has 0 spiro atoms. The molecule has 1 fully saturated rings. The molecule has 2 N–H and O–H groups in total. The van der Waals surface area contributed by atoms with Gasteiger partial charge < -0.3 is 19.9 Å². The highest BCUT2D eigenvalue weighted by Crippen LogP contribution is 2.19. The number of rotatable bonds is 6. The molecule has 5 nitrogen and oxygen atoms in total. The molecule has 2 heterocycles. The number of aryl methyl sites for hydroxylation is 2. The molecule has 152 valence electrons. The van der Waals surface area contributed by atoms with Crippen molar-refractivity contribution in [2.75, 3.05) is 19.7 Å². The number of aromatic amines is 1. The van der Waals surface area contributed by atoms with Gasteiger partial charge in [-0.1, -0.05) is 13.8 Å². The number of nitrogens with zero attached hydrogens (tertiary/aromatic N) is 1. The van der Waals surface area contributed by atoms with Crippen LogP contribution in [-0.2, 0) is 11.3 Å². The summed E-state index contributed by atoms with van der Waals surface area (Å²) in [6.07, 6.45) is 2.29. The standard InChI is InChI=1S/C22H31N3O2S/c1-14(2)11-23-22(28)25(13-19-6-5-7-27-19)12-18-10-17-8-15(3)16(4)9-20(17)24-21(18)26/h8-10,14,19H,5-7,11-13H2,1-4H3,(H,23,28)(H,24,26)/t19-/m0/s1. The minimum absolute atomic E-state index is 0.0558. The van der Waals surface area contributed by atoms with E-state index in [0.29, 0.717) is 24.1 Å². The molecule has 6 heteroatoms. The van der Waals surface area contributed by atoms with Gasteiger partial charge in [-0.15, -0.1) is 0 Å². The molecule has 3 rings (SSSR count). The van der Waals surface area contributed by atoms with Crippen LogP contribution in [0.25, 0.3) is 10.9 Å². The largest absolute Gasteiger partial charge is 0.376 e. The van der Waals surface area contributed by atoms with Gasteiger partial charge in [0.05, 0.1) is 12.6 Å². The summed E-state index contributed by atoms with van der Waals surface area (Å²) in [7, 11) is 0. The third-order valence-corrected chi connectivity index (χ3v) is 5.70. The van der Waals surface area contributed by atoms with Gasteiger partial charge in [-0.05, 0) is 79.5 Å². The third kappa shape index (κ3) is 5.11. The van der Waals surface area contributed by atoms with Crippen LogP contribution in [0.3, 0.4) is 0 Å². The summed E-state index contributed by atoms with van der Waals surface area (Å²) in [4.78, 5) is 17.8. The predicted molar refractivity (Wildman–Crippen MR) is 119 cm³/mol. The van der Waals surface area contributed by atoms with E-state index >= 15 is 0 Å². The summed E-state index contributed by atoms with van der Waals surface area (Å²) in [6.45, 7) is 11.2. The highest BCUT2D eigenvalue weighted by molar-refractivity contribution is 7.80. The van der Waals surface area contributed by atoms with E-state index in [1.165, 1.54) is 11.1 Å². The second-order valence-electron chi connectivity index (χ2n) is 8.24. The van der Waals surface area contributed by atoms with Crippen LogP contribution in [0.2, 0.25) is 0 Å². The molecule has 1 aromatic heterocycles.